The van der Waals surface area contributed by atoms with Crippen molar-refractivity contribution in [3.63, 3.8) is 0 Å². The Morgan fingerprint density at radius 2 is 1.83 bits per heavy atom. The van der Waals surface area contributed by atoms with Crippen LogP contribution in [0.5, 0.6) is 0 Å². The Balaban J connectivity index is 2.14. The third-order valence-electron chi connectivity index (χ3n) is 2.74. The zero-order valence-corrected chi connectivity index (χ0v) is 13.7. The van der Waals surface area contributed by atoms with Gasteiger partial charge in [0.15, 0.2) is 5.01 Å². The number of hydrogen-bond donors (Lipinski definition) is 1. The molecule has 0 bridgehead atoms. The maximum atomic E-state index is 12.4. The predicted octanol–water partition coefficient (Wildman–Crippen LogP) is 1.98. The number of carbonyl (C=O) groups excluding carboxylic acids is 1. The summed E-state index contributed by atoms with van der Waals surface area (Å²) in [5, 5.41) is 8.46. The summed E-state index contributed by atoms with van der Waals surface area (Å²) in [5.41, 5.74) is 0.163. The number of hydrogen-bond acceptors (Lipinski definition) is 6. The smallest absolute Gasteiger partial charge is 0.291 e. The summed E-state index contributed by atoms with van der Waals surface area (Å²) in [6.45, 7) is 0. The van der Waals surface area contributed by atoms with Gasteiger partial charge in [-0.1, -0.05) is 11.3 Å². The lowest BCUT2D eigenvalue weighted by molar-refractivity contribution is 0.102. The van der Waals surface area contributed by atoms with Gasteiger partial charge in [0.25, 0.3) is 12.3 Å². The number of benzene rings is 1. The monoisotopic (exact) mass is 362 g/mol. The van der Waals surface area contributed by atoms with E-state index in [1.807, 2.05) is 0 Å². The minimum Gasteiger partial charge on any atom is -0.296 e. The third-order valence-corrected chi connectivity index (χ3v) is 5.42. The normalized spacial score (nSPS) is 11.9. The fourth-order valence-electron chi connectivity index (χ4n) is 1.53. The van der Waals surface area contributed by atoms with Crippen LogP contribution in [0.1, 0.15) is 21.8 Å². The highest BCUT2D eigenvalue weighted by Gasteiger charge is 2.19. The number of alkyl halides is 2. The first-order valence-corrected chi connectivity index (χ1v) is 8.43. The van der Waals surface area contributed by atoms with Crippen LogP contribution in [-0.4, -0.2) is 42.9 Å². The Labute approximate surface area is 135 Å². The van der Waals surface area contributed by atoms with Crippen molar-refractivity contribution in [1.29, 1.82) is 0 Å². The van der Waals surface area contributed by atoms with Gasteiger partial charge < -0.3 is 0 Å². The summed E-state index contributed by atoms with van der Waals surface area (Å²) < 4.78 is 49.7. The van der Waals surface area contributed by atoms with Gasteiger partial charge in [0, 0.05) is 19.7 Å². The molecule has 23 heavy (non-hydrogen) atoms. The number of carbonyl (C=O) groups is 1. The summed E-state index contributed by atoms with van der Waals surface area (Å²) in [5.74, 6) is -0.601. The molecule has 1 N–H and O–H groups in total. The summed E-state index contributed by atoms with van der Waals surface area (Å²) in [4.78, 5) is 12.0. The van der Waals surface area contributed by atoms with E-state index in [0.29, 0.717) is 11.3 Å². The van der Waals surface area contributed by atoms with Crippen molar-refractivity contribution in [3.8, 4) is 0 Å². The van der Waals surface area contributed by atoms with Crippen molar-refractivity contribution < 1.29 is 22.0 Å². The van der Waals surface area contributed by atoms with Crippen LogP contribution >= 0.6 is 11.3 Å². The minimum absolute atomic E-state index is 0.0370. The van der Waals surface area contributed by atoms with E-state index in [1.165, 1.54) is 38.4 Å². The molecule has 11 heteroatoms. The van der Waals surface area contributed by atoms with Crippen LogP contribution in [0.2, 0.25) is 0 Å². The highest BCUT2D eigenvalue weighted by atomic mass is 32.2. The first kappa shape index (κ1) is 17.4. The Bertz CT molecular complexity index is 804. The minimum atomic E-state index is -3.59. The van der Waals surface area contributed by atoms with Crippen molar-refractivity contribution >= 4 is 32.4 Å². The van der Waals surface area contributed by atoms with Gasteiger partial charge in [0.1, 0.15) is 0 Å². The molecule has 1 aromatic heterocycles. The van der Waals surface area contributed by atoms with Crippen LogP contribution in [0.25, 0.3) is 0 Å². The molecular weight excluding hydrogens is 350 g/mol. The first-order valence-electron chi connectivity index (χ1n) is 6.17. The van der Waals surface area contributed by atoms with Crippen LogP contribution in [-0.2, 0) is 10.0 Å². The van der Waals surface area contributed by atoms with Crippen molar-refractivity contribution in [1.82, 2.24) is 14.5 Å². The van der Waals surface area contributed by atoms with Crippen molar-refractivity contribution in [2.75, 3.05) is 19.4 Å². The lowest BCUT2D eigenvalue weighted by Gasteiger charge is -2.11. The van der Waals surface area contributed by atoms with Crippen LogP contribution in [0.3, 0.4) is 0 Å². The summed E-state index contributed by atoms with van der Waals surface area (Å²) in [7, 11) is -0.797. The van der Waals surface area contributed by atoms with E-state index in [9.17, 15) is 22.0 Å². The molecule has 1 aromatic carbocycles. The van der Waals surface area contributed by atoms with Gasteiger partial charge in [-0.15, -0.1) is 10.2 Å². The first-order chi connectivity index (χ1) is 10.7. The molecular formula is C12H12F2N4O3S2. The lowest BCUT2D eigenvalue weighted by atomic mass is 10.2. The molecule has 2 aromatic rings. The van der Waals surface area contributed by atoms with Crippen LogP contribution in [0.4, 0.5) is 13.9 Å². The quantitative estimate of drug-likeness (QED) is 0.878. The molecule has 0 aliphatic carbocycles. The SMILES string of the molecule is CN(C)S(=O)(=O)c1ccc(C(=O)Nc2nnc(C(F)F)s2)cc1. The number of aromatic nitrogens is 2. The fourth-order valence-corrected chi connectivity index (χ4v) is 3.03. The zero-order valence-electron chi connectivity index (χ0n) is 12.0. The van der Waals surface area contributed by atoms with E-state index in [1.54, 1.807) is 0 Å². The third kappa shape index (κ3) is 3.86. The summed E-state index contributed by atoms with van der Waals surface area (Å²) >= 11 is 0.569. The number of sulfonamides is 1. The van der Waals surface area contributed by atoms with E-state index in [0.717, 1.165) is 4.31 Å². The molecule has 2 rings (SSSR count). The second kappa shape index (κ2) is 6.64. The second-order valence-electron chi connectivity index (χ2n) is 4.51. The van der Waals surface area contributed by atoms with Crippen molar-refractivity contribution in [2.45, 2.75) is 11.3 Å². The van der Waals surface area contributed by atoms with Gasteiger partial charge in [-0.2, -0.15) is 0 Å². The molecule has 0 unspecified atom stereocenters. The zero-order chi connectivity index (χ0) is 17.2. The standard InChI is InChI=1S/C12H12F2N4O3S2/c1-18(2)23(20,21)8-5-3-7(4-6-8)10(19)15-12-17-16-11(22-12)9(13)14/h3-6,9H,1-2H3,(H,15,17,19). The van der Waals surface area contributed by atoms with E-state index in [4.69, 9.17) is 0 Å². The molecule has 0 saturated heterocycles. The Kier molecular flexibility index (Phi) is 5.02. The predicted molar refractivity (Wildman–Crippen MR) is 80.1 cm³/mol. The van der Waals surface area contributed by atoms with Gasteiger partial charge in [0.05, 0.1) is 4.90 Å². The fraction of sp³-hybridized carbons (Fsp3) is 0.250. The van der Waals surface area contributed by atoms with Crippen LogP contribution < -0.4 is 5.32 Å². The van der Waals surface area contributed by atoms with Crippen LogP contribution in [0.15, 0.2) is 29.2 Å². The molecule has 0 fully saturated rings. The molecule has 0 saturated carbocycles. The Morgan fingerprint density at radius 1 is 1.22 bits per heavy atom. The summed E-state index contributed by atoms with van der Waals surface area (Å²) in [6.07, 6.45) is -2.76. The average Bonchev–Trinajstić information content (AvgIpc) is 2.96. The molecule has 0 atom stereocenters. The maximum absolute atomic E-state index is 12.4. The van der Waals surface area contributed by atoms with Gasteiger partial charge >= 0.3 is 0 Å². The number of nitrogens with one attached hydrogen (secondary N) is 1. The highest BCUT2D eigenvalue weighted by molar-refractivity contribution is 7.89. The number of nitrogens with zero attached hydrogens (tertiary/aromatic N) is 3. The van der Waals surface area contributed by atoms with Gasteiger partial charge in [0.2, 0.25) is 15.2 Å². The molecule has 1 heterocycles. The molecule has 0 aliphatic heterocycles. The van der Waals surface area contributed by atoms with E-state index >= 15 is 0 Å². The van der Waals surface area contributed by atoms with Gasteiger partial charge in [-0.25, -0.2) is 21.5 Å². The molecule has 0 radical (unpaired) electrons. The second-order valence-corrected chi connectivity index (χ2v) is 7.67. The van der Waals surface area contributed by atoms with Crippen molar-refractivity contribution in [3.05, 3.63) is 34.8 Å². The summed E-state index contributed by atoms with van der Waals surface area (Å²) in [6, 6.07) is 5.21. The van der Waals surface area contributed by atoms with E-state index < -0.39 is 27.4 Å². The molecule has 0 aliphatic rings. The van der Waals surface area contributed by atoms with Crippen LogP contribution in [0, 0.1) is 0 Å². The number of rotatable bonds is 5. The highest BCUT2D eigenvalue weighted by Crippen LogP contribution is 2.25. The molecule has 1 amide bonds. The number of halogens is 2. The molecule has 0 spiro atoms. The number of anilines is 1. The maximum Gasteiger partial charge on any atom is 0.291 e. The number of amides is 1. The van der Waals surface area contributed by atoms with Gasteiger partial charge in [-0.05, 0) is 24.3 Å². The molecule has 124 valence electrons. The lowest BCUT2D eigenvalue weighted by Crippen LogP contribution is -2.22. The van der Waals surface area contributed by atoms with E-state index in [-0.39, 0.29) is 15.6 Å². The molecule has 7 nitrogen and oxygen atoms in total. The van der Waals surface area contributed by atoms with E-state index in [2.05, 4.69) is 15.5 Å². The van der Waals surface area contributed by atoms with Gasteiger partial charge in [-0.3, -0.25) is 10.1 Å². The topological polar surface area (TPSA) is 92.3 Å². The Morgan fingerprint density at radius 3 is 2.30 bits per heavy atom. The average molecular weight is 362 g/mol. The Hall–Kier alpha value is -1.98. The van der Waals surface area contributed by atoms with Crippen molar-refractivity contribution in [2.24, 2.45) is 0 Å². The largest absolute Gasteiger partial charge is 0.296 e.